The number of hydrogen-bond donors (Lipinski definition) is 1. The van der Waals surface area contributed by atoms with Gasteiger partial charge < -0.3 is 5.11 Å². The number of unbranched alkanes of at least 4 members (excludes halogenated alkanes) is 1. The number of nitrogens with zero attached hydrogens (tertiary/aromatic N) is 1. The summed E-state index contributed by atoms with van der Waals surface area (Å²) in [4.78, 5) is 13.7. The average Bonchev–Trinajstić information content (AvgIpc) is 2.84. The molecule has 0 amide bonds. The summed E-state index contributed by atoms with van der Waals surface area (Å²) >= 11 is 0. The van der Waals surface area contributed by atoms with E-state index in [1.807, 2.05) is 12.1 Å². The molecule has 2 rings (SSSR count). The lowest BCUT2D eigenvalue weighted by Crippen LogP contribution is -2.29. The Bertz CT molecular complexity index is 431. The highest BCUT2D eigenvalue weighted by Crippen LogP contribution is 2.25. The van der Waals surface area contributed by atoms with Crippen molar-refractivity contribution in [2.24, 2.45) is 0 Å². The molecule has 19 heavy (non-hydrogen) atoms. The standard InChI is InChI=1S/C16H23NO2/c1-2-3-8-14-9-6-11-17(14)12-13-7-4-5-10-15(13)16(18)19/h4-5,7,10,14H,2-3,6,8-9,11-12H2,1H3,(H,18,19)/t14-/m0/s1. The van der Waals surface area contributed by atoms with Crippen LogP contribution >= 0.6 is 0 Å². The lowest BCUT2D eigenvalue weighted by atomic mass is 10.0. The van der Waals surface area contributed by atoms with Crippen LogP contribution in [0, 0.1) is 0 Å². The van der Waals surface area contributed by atoms with E-state index in [0.29, 0.717) is 11.6 Å². The van der Waals surface area contributed by atoms with Gasteiger partial charge in [0, 0.05) is 12.6 Å². The first-order valence-corrected chi connectivity index (χ1v) is 7.27. The van der Waals surface area contributed by atoms with Gasteiger partial charge in [0.25, 0.3) is 0 Å². The summed E-state index contributed by atoms with van der Waals surface area (Å²) in [5, 5.41) is 9.23. The summed E-state index contributed by atoms with van der Waals surface area (Å²) in [5.74, 6) is -0.820. The molecule has 1 fully saturated rings. The lowest BCUT2D eigenvalue weighted by Gasteiger charge is -2.25. The molecular weight excluding hydrogens is 238 g/mol. The van der Waals surface area contributed by atoms with Gasteiger partial charge in [0.2, 0.25) is 0 Å². The zero-order valence-electron chi connectivity index (χ0n) is 11.6. The van der Waals surface area contributed by atoms with E-state index >= 15 is 0 Å². The predicted octanol–water partition coefficient (Wildman–Crippen LogP) is 3.54. The molecule has 0 aliphatic carbocycles. The molecular formula is C16H23NO2. The van der Waals surface area contributed by atoms with Crippen molar-refractivity contribution in [2.45, 2.75) is 51.6 Å². The number of hydrogen-bond acceptors (Lipinski definition) is 2. The van der Waals surface area contributed by atoms with Crippen molar-refractivity contribution in [3.63, 3.8) is 0 Å². The van der Waals surface area contributed by atoms with Gasteiger partial charge in [0.05, 0.1) is 5.56 Å². The van der Waals surface area contributed by atoms with Crippen LogP contribution in [0.1, 0.15) is 54.9 Å². The lowest BCUT2D eigenvalue weighted by molar-refractivity contribution is 0.0694. The molecule has 1 aromatic rings. The fourth-order valence-electron chi connectivity index (χ4n) is 2.96. The average molecular weight is 261 g/mol. The Hall–Kier alpha value is -1.35. The zero-order chi connectivity index (χ0) is 13.7. The molecule has 0 saturated carbocycles. The van der Waals surface area contributed by atoms with Crippen molar-refractivity contribution >= 4 is 5.97 Å². The maximum atomic E-state index is 11.2. The number of carboxylic acid groups (broad SMARTS) is 1. The van der Waals surface area contributed by atoms with Crippen molar-refractivity contribution in [3.8, 4) is 0 Å². The third-order valence-corrected chi connectivity index (χ3v) is 4.01. The number of rotatable bonds is 6. The van der Waals surface area contributed by atoms with Crippen LogP contribution in [0.5, 0.6) is 0 Å². The third-order valence-electron chi connectivity index (χ3n) is 4.01. The number of aromatic carboxylic acids is 1. The smallest absolute Gasteiger partial charge is 0.336 e. The first-order chi connectivity index (χ1) is 9.22. The molecule has 1 atom stereocenters. The number of benzene rings is 1. The van der Waals surface area contributed by atoms with Gasteiger partial charge in [-0.1, -0.05) is 38.0 Å². The van der Waals surface area contributed by atoms with Crippen LogP contribution in [0.3, 0.4) is 0 Å². The topological polar surface area (TPSA) is 40.5 Å². The van der Waals surface area contributed by atoms with Crippen LogP contribution in [0.15, 0.2) is 24.3 Å². The molecule has 0 spiro atoms. The van der Waals surface area contributed by atoms with E-state index in [9.17, 15) is 9.90 Å². The van der Waals surface area contributed by atoms with Gasteiger partial charge in [-0.15, -0.1) is 0 Å². The van der Waals surface area contributed by atoms with Crippen LogP contribution in [0.2, 0.25) is 0 Å². The fraction of sp³-hybridized carbons (Fsp3) is 0.562. The maximum absolute atomic E-state index is 11.2. The molecule has 0 bridgehead atoms. The van der Waals surface area contributed by atoms with Crippen LogP contribution in [0.25, 0.3) is 0 Å². The molecule has 0 unspecified atom stereocenters. The number of carbonyl (C=O) groups is 1. The second kappa shape index (κ2) is 6.71. The minimum absolute atomic E-state index is 0.448. The molecule has 1 aromatic carbocycles. The van der Waals surface area contributed by atoms with Crippen molar-refractivity contribution < 1.29 is 9.90 Å². The van der Waals surface area contributed by atoms with E-state index in [1.54, 1.807) is 12.1 Å². The van der Waals surface area contributed by atoms with Crippen LogP contribution < -0.4 is 0 Å². The van der Waals surface area contributed by atoms with E-state index in [0.717, 1.165) is 18.7 Å². The molecule has 0 radical (unpaired) electrons. The van der Waals surface area contributed by atoms with E-state index < -0.39 is 5.97 Å². The van der Waals surface area contributed by atoms with Crippen molar-refractivity contribution in [3.05, 3.63) is 35.4 Å². The van der Waals surface area contributed by atoms with Crippen LogP contribution in [-0.2, 0) is 6.54 Å². The SMILES string of the molecule is CCCC[C@H]1CCCN1Cc1ccccc1C(=O)O. The van der Waals surface area contributed by atoms with E-state index in [-0.39, 0.29) is 0 Å². The molecule has 1 aliphatic heterocycles. The van der Waals surface area contributed by atoms with Crippen LogP contribution in [-0.4, -0.2) is 28.6 Å². The molecule has 1 N–H and O–H groups in total. The summed E-state index contributed by atoms with van der Waals surface area (Å²) < 4.78 is 0. The van der Waals surface area contributed by atoms with Crippen molar-refractivity contribution in [1.29, 1.82) is 0 Å². The summed E-state index contributed by atoms with van der Waals surface area (Å²) in [6.45, 7) is 4.10. The fourth-order valence-corrected chi connectivity index (χ4v) is 2.96. The van der Waals surface area contributed by atoms with Crippen LogP contribution in [0.4, 0.5) is 0 Å². The Kier molecular flexibility index (Phi) is 4.97. The Morgan fingerprint density at radius 3 is 2.95 bits per heavy atom. The summed E-state index contributed by atoms with van der Waals surface area (Å²) in [5.41, 5.74) is 1.39. The van der Waals surface area contributed by atoms with Gasteiger partial charge in [-0.2, -0.15) is 0 Å². The summed E-state index contributed by atoms with van der Waals surface area (Å²) in [6, 6.07) is 8.01. The number of carboxylic acids is 1. The van der Waals surface area contributed by atoms with E-state index in [4.69, 9.17) is 0 Å². The summed E-state index contributed by atoms with van der Waals surface area (Å²) in [6.07, 6.45) is 6.24. The second-order valence-corrected chi connectivity index (χ2v) is 5.37. The molecule has 3 nitrogen and oxygen atoms in total. The minimum atomic E-state index is -0.820. The van der Waals surface area contributed by atoms with Crippen molar-refractivity contribution in [2.75, 3.05) is 6.54 Å². The normalized spacial score (nSPS) is 19.7. The maximum Gasteiger partial charge on any atom is 0.336 e. The summed E-state index contributed by atoms with van der Waals surface area (Å²) in [7, 11) is 0. The second-order valence-electron chi connectivity index (χ2n) is 5.37. The van der Waals surface area contributed by atoms with E-state index in [1.165, 1.54) is 32.1 Å². The highest BCUT2D eigenvalue weighted by Gasteiger charge is 2.24. The molecule has 0 aromatic heterocycles. The van der Waals surface area contributed by atoms with Gasteiger partial charge in [-0.3, -0.25) is 4.90 Å². The first-order valence-electron chi connectivity index (χ1n) is 7.27. The molecule has 1 saturated heterocycles. The largest absolute Gasteiger partial charge is 0.478 e. The first kappa shape index (κ1) is 14.1. The molecule has 1 heterocycles. The van der Waals surface area contributed by atoms with Gasteiger partial charge in [0.15, 0.2) is 0 Å². The quantitative estimate of drug-likeness (QED) is 0.851. The Labute approximate surface area is 115 Å². The highest BCUT2D eigenvalue weighted by atomic mass is 16.4. The molecule has 3 heteroatoms. The third kappa shape index (κ3) is 3.57. The zero-order valence-corrected chi connectivity index (χ0v) is 11.6. The van der Waals surface area contributed by atoms with Gasteiger partial charge >= 0.3 is 5.97 Å². The monoisotopic (exact) mass is 261 g/mol. The minimum Gasteiger partial charge on any atom is -0.478 e. The van der Waals surface area contributed by atoms with Gasteiger partial charge in [-0.05, 0) is 37.4 Å². The van der Waals surface area contributed by atoms with Gasteiger partial charge in [-0.25, -0.2) is 4.79 Å². The Morgan fingerprint density at radius 2 is 2.21 bits per heavy atom. The highest BCUT2D eigenvalue weighted by molar-refractivity contribution is 5.89. The van der Waals surface area contributed by atoms with Crippen molar-refractivity contribution in [1.82, 2.24) is 4.90 Å². The Morgan fingerprint density at radius 1 is 1.42 bits per heavy atom. The predicted molar refractivity (Wildman–Crippen MR) is 76.4 cm³/mol. The molecule has 104 valence electrons. The van der Waals surface area contributed by atoms with E-state index in [2.05, 4.69) is 11.8 Å². The Balaban J connectivity index is 2.05. The number of likely N-dealkylation sites (tertiary alicyclic amines) is 1. The van der Waals surface area contributed by atoms with Gasteiger partial charge in [0.1, 0.15) is 0 Å². The molecule has 1 aliphatic rings.